The van der Waals surface area contributed by atoms with Gasteiger partial charge < -0.3 is 49.2 Å². The summed E-state index contributed by atoms with van der Waals surface area (Å²) >= 11 is 0. The molecule has 176 valence electrons. The molecule has 0 aromatic rings. The predicted octanol–water partition coefficient (Wildman–Crippen LogP) is -2.47. The number of rotatable bonds is 5. The van der Waals surface area contributed by atoms with Crippen LogP contribution in [0.15, 0.2) is 11.8 Å². The van der Waals surface area contributed by atoms with Crippen molar-refractivity contribution in [1.29, 1.82) is 0 Å². The summed E-state index contributed by atoms with van der Waals surface area (Å²) < 4.78 is 26.8. The third kappa shape index (κ3) is 4.29. The molecule has 0 aromatic heterocycles. The third-order valence-corrected chi connectivity index (χ3v) is 6.02. The van der Waals surface area contributed by atoms with Gasteiger partial charge in [0.15, 0.2) is 6.29 Å². The van der Waals surface area contributed by atoms with Crippen molar-refractivity contribution in [3.05, 3.63) is 11.8 Å². The highest BCUT2D eigenvalue weighted by atomic mass is 16.8. The molecule has 3 aliphatic rings. The first-order valence-corrected chi connectivity index (χ1v) is 9.81. The number of carbonyl (C=O) groups excluding carboxylic acids is 2. The van der Waals surface area contributed by atoms with Crippen molar-refractivity contribution < 1.29 is 58.8 Å². The van der Waals surface area contributed by atoms with Crippen LogP contribution in [0.4, 0.5) is 0 Å². The molecule has 2 heterocycles. The summed E-state index contributed by atoms with van der Waals surface area (Å²) in [4.78, 5) is 23.9. The number of aliphatic hydroxyl groups excluding tert-OH is 5. The Balaban J connectivity index is 1.93. The minimum atomic E-state index is -1.70. The van der Waals surface area contributed by atoms with Gasteiger partial charge in [0.2, 0.25) is 6.29 Å². The molecule has 0 unspecified atom stereocenters. The van der Waals surface area contributed by atoms with Crippen LogP contribution in [0, 0.1) is 11.8 Å². The van der Waals surface area contributed by atoms with Crippen LogP contribution < -0.4 is 0 Å². The van der Waals surface area contributed by atoms with E-state index in [9.17, 15) is 35.1 Å². The van der Waals surface area contributed by atoms with Crippen LogP contribution in [0.3, 0.4) is 0 Å². The van der Waals surface area contributed by atoms with E-state index in [1.807, 2.05) is 0 Å². The number of ether oxygens (including phenoxy) is 5. The Labute approximate surface area is 177 Å². The number of carbonyl (C=O) groups is 2. The lowest BCUT2D eigenvalue weighted by Crippen LogP contribution is -2.61. The first-order chi connectivity index (χ1) is 14.5. The summed E-state index contributed by atoms with van der Waals surface area (Å²) in [5.41, 5.74) is -1.30. The van der Waals surface area contributed by atoms with Crippen LogP contribution in [-0.4, -0.2) is 99.9 Å². The van der Waals surface area contributed by atoms with Gasteiger partial charge in [0.25, 0.3) is 0 Å². The summed E-state index contributed by atoms with van der Waals surface area (Å²) in [6, 6.07) is 0. The van der Waals surface area contributed by atoms with Gasteiger partial charge in [-0.25, -0.2) is 4.79 Å². The largest absolute Gasteiger partial charge is 0.471 e. The molecular weight excluding hydrogens is 420 g/mol. The summed E-state index contributed by atoms with van der Waals surface area (Å²) in [6.45, 7) is 2.09. The van der Waals surface area contributed by atoms with E-state index in [4.69, 9.17) is 23.7 Å². The number of aliphatic hydroxyl groups is 5. The van der Waals surface area contributed by atoms with E-state index in [-0.39, 0.29) is 12.0 Å². The second-order valence-electron chi connectivity index (χ2n) is 8.13. The third-order valence-electron chi connectivity index (χ3n) is 6.02. The Hall–Kier alpha value is -1.80. The molecule has 0 bridgehead atoms. The highest BCUT2D eigenvalue weighted by molar-refractivity contribution is 5.89. The summed E-state index contributed by atoms with van der Waals surface area (Å²) in [6.07, 6.45) is -9.07. The molecular formula is C19H28O12. The summed E-state index contributed by atoms with van der Waals surface area (Å²) in [5, 5.41) is 50.3. The molecule has 2 fully saturated rings. The van der Waals surface area contributed by atoms with Crippen molar-refractivity contribution in [3.8, 4) is 0 Å². The molecule has 12 heteroatoms. The molecule has 1 saturated heterocycles. The normalized spacial score (nSPS) is 44.6. The lowest BCUT2D eigenvalue weighted by molar-refractivity contribution is -0.346. The van der Waals surface area contributed by atoms with Crippen LogP contribution in [0.25, 0.3) is 0 Å². The number of esters is 2. The molecule has 5 N–H and O–H groups in total. The maximum Gasteiger partial charge on any atom is 0.337 e. The number of methoxy groups -OCH3 is 1. The van der Waals surface area contributed by atoms with E-state index in [1.165, 1.54) is 14.0 Å². The van der Waals surface area contributed by atoms with Gasteiger partial charge in [0, 0.05) is 19.3 Å². The van der Waals surface area contributed by atoms with Gasteiger partial charge in [-0.05, 0) is 6.92 Å². The molecule has 10 atom stereocenters. The molecule has 0 spiro atoms. The van der Waals surface area contributed by atoms with E-state index in [0.29, 0.717) is 0 Å². The monoisotopic (exact) mass is 448 g/mol. The molecule has 12 nitrogen and oxygen atoms in total. The lowest BCUT2D eigenvalue weighted by Gasteiger charge is -2.44. The Bertz CT molecular complexity index is 723. The van der Waals surface area contributed by atoms with Gasteiger partial charge in [0.1, 0.15) is 30.0 Å². The Morgan fingerprint density at radius 2 is 1.84 bits per heavy atom. The molecule has 0 amide bonds. The average molecular weight is 448 g/mol. The standard InChI is InChI=1S/C19H28O12/c1-7(21)31-19(2)4-9(22)11-8(16(26)27-3)6-28-17(12(11)19)30-18-15(25)14(24)13(23)10(5-20)29-18/h6,9-15,17-18,20,22-25H,4-5H2,1-3H3/t9-,10-,11+,12+,13-,14+,15-,17+,18+,19+/m1/s1. The smallest absolute Gasteiger partial charge is 0.337 e. The number of fused-ring (bicyclic) bond motifs is 1. The molecule has 31 heavy (non-hydrogen) atoms. The maximum atomic E-state index is 12.2. The van der Waals surface area contributed by atoms with Gasteiger partial charge in [0.05, 0.1) is 37.6 Å². The fraction of sp³-hybridized carbons (Fsp3) is 0.789. The first-order valence-electron chi connectivity index (χ1n) is 9.81. The molecule has 0 aromatic carbocycles. The van der Waals surface area contributed by atoms with Crippen LogP contribution >= 0.6 is 0 Å². The fourth-order valence-corrected chi connectivity index (χ4v) is 4.63. The van der Waals surface area contributed by atoms with Crippen molar-refractivity contribution >= 4 is 11.9 Å². The Morgan fingerprint density at radius 3 is 2.42 bits per heavy atom. The van der Waals surface area contributed by atoms with Crippen molar-refractivity contribution in [2.75, 3.05) is 13.7 Å². The predicted molar refractivity (Wildman–Crippen MR) is 97.6 cm³/mol. The van der Waals surface area contributed by atoms with Gasteiger partial charge in [-0.3, -0.25) is 4.79 Å². The van der Waals surface area contributed by atoms with Gasteiger partial charge in [-0.1, -0.05) is 0 Å². The van der Waals surface area contributed by atoms with Crippen LogP contribution in [0.5, 0.6) is 0 Å². The van der Waals surface area contributed by atoms with Crippen molar-refractivity contribution in [2.45, 2.75) is 69.0 Å². The second kappa shape index (κ2) is 8.98. The van der Waals surface area contributed by atoms with Crippen molar-refractivity contribution in [3.63, 3.8) is 0 Å². The quantitative estimate of drug-likeness (QED) is 0.280. The molecule has 2 aliphatic heterocycles. The zero-order chi connectivity index (χ0) is 23.1. The second-order valence-corrected chi connectivity index (χ2v) is 8.13. The van der Waals surface area contributed by atoms with Gasteiger partial charge >= 0.3 is 11.9 Å². The van der Waals surface area contributed by atoms with Gasteiger partial charge in [-0.2, -0.15) is 0 Å². The number of hydrogen-bond acceptors (Lipinski definition) is 12. The topological polar surface area (TPSA) is 181 Å². The molecule has 1 aliphatic carbocycles. The Morgan fingerprint density at radius 1 is 1.16 bits per heavy atom. The highest BCUT2D eigenvalue weighted by Crippen LogP contribution is 2.51. The highest BCUT2D eigenvalue weighted by Gasteiger charge is 2.61. The molecule has 0 radical (unpaired) electrons. The van der Waals surface area contributed by atoms with E-state index in [2.05, 4.69) is 0 Å². The van der Waals surface area contributed by atoms with Crippen LogP contribution in [0.2, 0.25) is 0 Å². The van der Waals surface area contributed by atoms with Crippen LogP contribution in [0.1, 0.15) is 20.3 Å². The first kappa shape index (κ1) is 23.9. The summed E-state index contributed by atoms with van der Waals surface area (Å²) in [5.74, 6) is -3.18. The van der Waals surface area contributed by atoms with E-state index in [0.717, 1.165) is 6.26 Å². The number of hydrogen-bond donors (Lipinski definition) is 5. The Kier molecular flexibility index (Phi) is 6.91. The van der Waals surface area contributed by atoms with E-state index < -0.39 is 79.1 Å². The lowest BCUT2D eigenvalue weighted by atomic mass is 9.80. The van der Waals surface area contributed by atoms with Crippen molar-refractivity contribution in [1.82, 2.24) is 0 Å². The molecule has 1 saturated carbocycles. The maximum absolute atomic E-state index is 12.2. The van der Waals surface area contributed by atoms with Crippen molar-refractivity contribution in [2.24, 2.45) is 11.8 Å². The molecule has 3 rings (SSSR count). The van der Waals surface area contributed by atoms with Gasteiger partial charge in [-0.15, -0.1) is 0 Å². The minimum absolute atomic E-state index is 0.0181. The van der Waals surface area contributed by atoms with E-state index in [1.54, 1.807) is 6.92 Å². The SMILES string of the molecule is COC(=O)C1=CO[C@@H](O[C@@H]2O[C@H](CO)[C@@H](O)[C@H](O)[C@H]2O)[C@@H]2[C@@H]1[C@H](O)C[C@]2(C)OC(C)=O. The minimum Gasteiger partial charge on any atom is -0.471 e. The fourth-order valence-electron chi connectivity index (χ4n) is 4.63. The van der Waals surface area contributed by atoms with E-state index >= 15 is 0 Å². The zero-order valence-electron chi connectivity index (χ0n) is 17.3. The average Bonchev–Trinajstić information content (AvgIpc) is 2.98. The zero-order valence-corrected chi connectivity index (χ0v) is 17.3. The summed E-state index contributed by atoms with van der Waals surface area (Å²) in [7, 11) is 1.17. The van der Waals surface area contributed by atoms with Crippen LogP contribution in [-0.2, 0) is 33.3 Å².